The topological polar surface area (TPSA) is 104 Å². The van der Waals surface area contributed by atoms with Crippen LogP contribution >= 0.6 is 0 Å². The van der Waals surface area contributed by atoms with Crippen molar-refractivity contribution in [3.63, 3.8) is 0 Å². The number of carboxylic acid groups (broad SMARTS) is 1. The molecule has 0 bridgehead atoms. The number of piperidine rings is 1. The Hall–Kier alpha value is -0.510. The van der Waals surface area contributed by atoms with Gasteiger partial charge in [0.05, 0.1) is 0 Å². The van der Waals surface area contributed by atoms with Crippen LogP contribution in [-0.4, -0.2) is 58.1 Å². The lowest BCUT2D eigenvalue weighted by Gasteiger charge is -2.33. The predicted molar refractivity (Wildman–Crippen MR) is 74.9 cm³/mol. The molecule has 0 radical (unpaired) electrons. The Bertz CT molecular complexity index is 483. The number of hydrogen-bond donors (Lipinski definition) is 2. The molecule has 1 unspecified atom stereocenters. The van der Waals surface area contributed by atoms with Gasteiger partial charge in [0.2, 0.25) is 0 Å². The largest absolute Gasteiger partial charge is 0.480 e. The molecule has 1 atom stereocenters. The molecular formula is C11H20N2O5S2. The lowest BCUT2D eigenvalue weighted by Crippen LogP contribution is -2.54. The average molecular weight is 324 g/mol. The van der Waals surface area contributed by atoms with E-state index in [0.717, 1.165) is 10.7 Å². The van der Waals surface area contributed by atoms with E-state index in [0.29, 0.717) is 37.2 Å². The molecule has 0 spiro atoms. The summed E-state index contributed by atoms with van der Waals surface area (Å²) in [4.78, 5) is 11.2. The van der Waals surface area contributed by atoms with E-state index in [4.69, 9.17) is 5.11 Å². The second-order valence-electron chi connectivity index (χ2n) is 5.21. The van der Waals surface area contributed by atoms with E-state index in [1.54, 1.807) is 0 Å². The van der Waals surface area contributed by atoms with E-state index in [9.17, 15) is 17.4 Å². The Labute approximate surface area is 121 Å². The van der Waals surface area contributed by atoms with Crippen molar-refractivity contribution in [2.75, 3.05) is 18.1 Å². The normalized spacial score (nSPS) is 32.9. The number of carbonyl (C=O) groups is 1. The molecule has 2 aliphatic heterocycles. The molecule has 7 nitrogen and oxygen atoms in total. The molecule has 2 N–H and O–H groups in total. The molecule has 2 heterocycles. The highest BCUT2D eigenvalue weighted by Gasteiger charge is 2.38. The van der Waals surface area contributed by atoms with E-state index in [1.807, 2.05) is 0 Å². The second-order valence-corrected chi connectivity index (χ2v) is 8.56. The molecule has 116 valence electrons. The Morgan fingerprint density at radius 2 is 1.85 bits per heavy atom. The van der Waals surface area contributed by atoms with Gasteiger partial charge in [-0.3, -0.25) is 9.00 Å². The van der Waals surface area contributed by atoms with Crippen LogP contribution in [0.2, 0.25) is 0 Å². The summed E-state index contributed by atoms with van der Waals surface area (Å²) in [6.07, 6.45) is 2.84. The van der Waals surface area contributed by atoms with Gasteiger partial charge in [0.15, 0.2) is 0 Å². The molecule has 0 aromatic rings. The molecule has 0 aliphatic carbocycles. The van der Waals surface area contributed by atoms with Gasteiger partial charge in [0.1, 0.15) is 6.04 Å². The summed E-state index contributed by atoms with van der Waals surface area (Å²) in [7, 11) is -4.64. The van der Waals surface area contributed by atoms with Crippen LogP contribution in [0, 0.1) is 0 Å². The maximum absolute atomic E-state index is 12.3. The molecule has 2 fully saturated rings. The fourth-order valence-electron chi connectivity index (χ4n) is 2.63. The number of hydrogen-bond acceptors (Lipinski definition) is 4. The van der Waals surface area contributed by atoms with Gasteiger partial charge in [-0.05, 0) is 32.1 Å². The first-order chi connectivity index (χ1) is 9.40. The summed E-state index contributed by atoms with van der Waals surface area (Å²) >= 11 is 0. The molecule has 0 saturated carbocycles. The molecule has 0 aromatic carbocycles. The van der Waals surface area contributed by atoms with Gasteiger partial charge in [-0.25, -0.2) is 0 Å². The fraction of sp³-hybridized carbons (Fsp3) is 0.909. The number of carboxylic acids is 1. The van der Waals surface area contributed by atoms with Gasteiger partial charge in [-0.15, -0.1) is 0 Å². The van der Waals surface area contributed by atoms with E-state index < -0.39 is 33.0 Å². The van der Waals surface area contributed by atoms with Crippen LogP contribution in [0.5, 0.6) is 0 Å². The zero-order valence-electron chi connectivity index (χ0n) is 11.2. The van der Waals surface area contributed by atoms with Crippen molar-refractivity contribution in [3.05, 3.63) is 0 Å². The van der Waals surface area contributed by atoms with Crippen molar-refractivity contribution >= 4 is 27.0 Å². The van der Waals surface area contributed by atoms with Crippen LogP contribution in [0.15, 0.2) is 0 Å². The Balaban J connectivity index is 2.04. The van der Waals surface area contributed by atoms with Gasteiger partial charge in [0, 0.05) is 34.9 Å². The molecule has 2 aliphatic rings. The van der Waals surface area contributed by atoms with E-state index in [1.165, 1.54) is 0 Å². The quantitative estimate of drug-likeness (QED) is 0.737. The zero-order valence-corrected chi connectivity index (χ0v) is 12.8. The molecule has 9 heteroatoms. The van der Waals surface area contributed by atoms with Gasteiger partial charge in [-0.2, -0.15) is 17.4 Å². The summed E-state index contributed by atoms with van der Waals surface area (Å²) in [6, 6.07) is -1.21. The molecular weight excluding hydrogens is 304 g/mol. The molecule has 2 saturated heterocycles. The van der Waals surface area contributed by atoms with Crippen LogP contribution in [0.25, 0.3) is 0 Å². The van der Waals surface area contributed by atoms with Crippen LogP contribution in [0.1, 0.15) is 32.1 Å². The minimum atomic E-state index is -3.79. The van der Waals surface area contributed by atoms with Crippen LogP contribution in [0.4, 0.5) is 0 Å². The molecule has 2 rings (SSSR count). The first kappa shape index (κ1) is 15.9. The lowest BCUT2D eigenvalue weighted by atomic mass is 10.1. The van der Waals surface area contributed by atoms with Gasteiger partial charge >= 0.3 is 5.97 Å². The second kappa shape index (κ2) is 6.50. The number of nitrogens with zero attached hydrogens (tertiary/aromatic N) is 1. The maximum atomic E-state index is 12.3. The van der Waals surface area contributed by atoms with Gasteiger partial charge in [-0.1, -0.05) is 0 Å². The minimum absolute atomic E-state index is 0.241. The number of aliphatic carboxylic acids is 1. The molecule has 0 amide bonds. The third-order valence-corrected chi connectivity index (χ3v) is 6.82. The zero-order chi connectivity index (χ0) is 14.8. The summed E-state index contributed by atoms with van der Waals surface area (Å²) in [5.74, 6) is -0.106. The summed E-state index contributed by atoms with van der Waals surface area (Å²) in [6.45, 7) is 0.241. The summed E-state index contributed by atoms with van der Waals surface area (Å²) < 4.78 is 39.5. The summed E-state index contributed by atoms with van der Waals surface area (Å²) in [5.41, 5.74) is 0. The van der Waals surface area contributed by atoms with Gasteiger partial charge in [0.25, 0.3) is 10.2 Å². The van der Waals surface area contributed by atoms with Crippen molar-refractivity contribution in [2.45, 2.75) is 44.2 Å². The van der Waals surface area contributed by atoms with E-state index in [2.05, 4.69) is 4.72 Å². The smallest absolute Gasteiger partial charge is 0.322 e. The fourth-order valence-corrected chi connectivity index (χ4v) is 5.62. The Kier molecular flexibility index (Phi) is 5.16. The standard InChI is InChI=1S/C11H20N2O5S2/c14-11(15)10-3-1-2-6-13(10)20(17,18)12-9-4-7-19(16)8-5-9/h9-10,12H,1-8H2,(H,14,15). The lowest BCUT2D eigenvalue weighted by molar-refractivity contribution is -0.142. The number of rotatable bonds is 4. The number of nitrogens with one attached hydrogen (secondary N) is 1. The first-order valence-electron chi connectivity index (χ1n) is 6.77. The molecule has 20 heavy (non-hydrogen) atoms. The Morgan fingerprint density at radius 3 is 2.45 bits per heavy atom. The van der Waals surface area contributed by atoms with Gasteiger partial charge < -0.3 is 5.11 Å². The first-order valence-corrected chi connectivity index (χ1v) is 9.70. The monoisotopic (exact) mass is 324 g/mol. The third-order valence-electron chi connectivity index (χ3n) is 3.75. The highest BCUT2D eigenvalue weighted by atomic mass is 32.2. The van der Waals surface area contributed by atoms with Crippen molar-refractivity contribution < 1.29 is 22.5 Å². The summed E-state index contributed by atoms with van der Waals surface area (Å²) in [5, 5.41) is 9.14. The third kappa shape index (κ3) is 3.78. The average Bonchev–Trinajstić information content (AvgIpc) is 2.41. The van der Waals surface area contributed by atoms with Crippen molar-refractivity contribution in [1.82, 2.24) is 9.03 Å². The van der Waals surface area contributed by atoms with Crippen molar-refractivity contribution in [1.29, 1.82) is 0 Å². The molecule has 0 aromatic heterocycles. The van der Waals surface area contributed by atoms with Crippen LogP contribution in [-0.2, 0) is 25.8 Å². The van der Waals surface area contributed by atoms with E-state index >= 15 is 0 Å². The van der Waals surface area contributed by atoms with E-state index in [-0.39, 0.29) is 12.6 Å². The van der Waals surface area contributed by atoms with Crippen molar-refractivity contribution in [3.8, 4) is 0 Å². The highest BCUT2D eigenvalue weighted by molar-refractivity contribution is 7.87. The van der Waals surface area contributed by atoms with Crippen LogP contribution < -0.4 is 4.72 Å². The minimum Gasteiger partial charge on any atom is -0.480 e. The highest BCUT2D eigenvalue weighted by Crippen LogP contribution is 2.21. The predicted octanol–water partition coefficient (Wildman–Crippen LogP) is -0.329. The Morgan fingerprint density at radius 1 is 1.20 bits per heavy atom. The van der Waals surface area contributed by atoms with Crippen LogP contribution in [0.3, 0.4) is 0 Å². The maximum Gasteiger partial charge on any atom is 0.322 e. The van der Waals surface area contributed by atoms with Crippen molar-refractivity contribution in [2.24, 2.45) is 0 Å². The SMILES string of the molecule is O=C(O)C1CCCCN1S(=O)(=O)NC1CCS(=O)CC1.